The lowest BCUT2D eigenvalue weighted by Gasteiger charge is -2.33. The molecule has 1 fully saturated rings. The van der Waals surface area contributed by atoms with Gasteiger partial charge in [-0.1, -0.05) is 0 Å². The Balaban J connectivity index is 1.63. The number of Topliss-reactive ketones (excluding diaryl/α,β-unsaturated/α-hetero) is 1. The molecular formula is C19H24FN3O3S. The summed E-state index contributed by atoms with van der Waals surface area (Å²) >= 11 is 0. The molecule has 0 amide bonds. The van der Waals surface area contributed by atoms with E-state index in [0.29, 0.717) is 37.3 Å². The lowest BCUT2D eigenvalue weighted by Crippen LogP contribution is -2.49. The Hall–Kier alpha value is -2.03. The van der Waals surface area contributed by atoms with Gasteiger partial charge in [-0.3, -0.25) is 9.69 Å². The number of halogens is 1. The molecule has 2 aromatic rings. The van der Waals surface area contributed by atoms with Gasteiger partial charge in [0.1, 0.15) is 5.82 Å². The summed E-state index contributed by atoms with van der Waals surface area (Å²) in [6, 6.07) is 5.68. The first kappa shape index (κ1) is 19.7. The summed E-state index contributed by atoms with van der Waals surface area (Å²) in [7, 11) is -3.66. The average molecular weight is 393 g/mol. The standard InChI is InChI=1S/C19H24FN3O3S/c1-13-10-16(4-5-18(13)20)27(25,26)23-8-6-22(7-9-23)12-19(24)17-11-14(2)21-15(17)3/h4-5,10-11,21H,6-9,12H2,1-3H3. The van der Waals surface area contributed by atoms with E-state index in [2.05, 4.69) is 4.98 Å². The van der Waals surface area contributed by atoms with Gasteiger partial charge in [0.2, 0.25) is 10.0 Å². The zero-order valence-electron chi connectivity index (χ0n) is 15.8. The Kier molecular flexibility index (Phi) is 5.50. The predicted molar refractivity (Wildman–Crippen MR) is 101 cm³/mol. The molecule has 0 atom stereocenters. The molecule has 8 heteroatoms. The zero-order chi connectivity index (χ0) is 19.8. The molecule has 1 aromatic carbocycles. The van der Waals surface area contributed by atoms with E-state index in [1.807, 2.05) is 24.8 Å². The number of hydrogen-bond acceptors (Lipinski definition) is 4. The van der Waals surface area contributed by atoms with Gasteiger partial charge < -0.3 is 4.98 Å². The van der Waals surface area contributed by atoms with Gasteiger partial charge in [0.15, 0.2) is 5.78 Å². The van der Waals surface area contributed by atoms with E-state index < -0.39 is 15.8 Å². The molecule has 1 aliphatic heterocycles. The molecule has 1 saturated heterocycles. The quantitative estimate of drug-likeness (QED) is 0.791. The summed E-state index contributed by atoms with van der Waals surface area (Å²) in [5, 5.41) is 0. The first-order chi connectivity index (χ1) is 12.7. The summed E-state index contributed by atoms with van der Waals surface area (Å²) in [6.07, 6.45) is 0. The van der Waals surface area contributed by atoms with Crippen LogP contribution in [0.4, 0.5) is 4.39 Å². The molecule has 0 bridgehead atoms. The van der Waals surface area contributed by atoms with Crippen LogP contribution in [0.2, 0.25) is 0 Å². The topological polar surface area (TPSA) is 73.5 Å². The number of hydrogen-bond donors (Lipinski definition) is 1. The van der Waals surface area contributed by atoms with Crippen molar-refractivity contribution in [1.82, 2.24) is 14.2 Å². The third kappa shape index (κ3) is 4.12. The number of nitrogens with zero attached hydrogens (tertiary/aromatic N) is 2. The molecule has 0 saturated carbocycles. The second kappa shape index (κ2) is 7.53. The second-order valence-electron chi connectivity index (χ2n) is 7.01. The van der Waals surface area contributed by atoms with Crippen LogP contribution < -0.4 is 0 Å². The van der Waals surface area contributed by atoms with Gasteiger partial charge in [-0.15, -0.1) is 0 Å². The van der Waals surface area contributed by atoms with Crippen molar-refractivity contribution in [3.63, 3.8) is 0 Å². The molecule has 0 unspecified atom stereocenters. The van der Waals surface area contributed by atoms with Gasteiger partial charge in [0.25, 0.3) is 0 Å². The SMILES string of the molecule is Cc1cc(C(=O)CN2CCN(S(=O)(=O)c3ccc(F)c(C)c3)CC2)c(C)[nH]1. The number of piperazine rings is 1. The first-order valence-electron chi connectivity index (χ1n) is 8.86. The van der Waals surface area contributed by atoms with Gasteiger partial charge in [0.05, 0.1) is 11.4 Å². The summed E-state index contributed by atoms with van der Waals surface area (Å²) < 4.78 is 40.3. The highest BCUT2D eigenvalue weighted by molar-refractivity contribution is 7.89. The first-order valence-corrected chi connectivity index (χ1v) is 10.3. The third-order valence-corrected chi connectivity index (χ3v) is 6.81. The number of rotatable bonds is 5. The number of aromatic nitrogens is 1. The van der Waals surface area contributed by atoms with E-state index in [0.717, 1.165) is 11.4 Å². The minimum atomic E-state index is -3.66. The fraction of sp³-hybridized carbons (Fsp3) is 0.421. The number of aromatic amines is 1. The molecule has 0 radical (unpaired) electrons. The Morgan fingerprint density at radius 1 is 1.11 bits per heavy atom. The van der Waals surface area contributed by atoms with Crippen molar-refractivity contribution < 1.29 is 17.6 Å². The van der Waals surface area contributed by atoms with Crippen LogP contribution in [0.5, 0.6) is 0 Å². The zero-order valence-corrected chi connectivity index (χ0v) is 16.6. The van der Waals surface area contributed by atoms with Crippen LogP contribution in [-0.2, 0) is 10.0 Å². The molecule has 1 aliphatic rings. The number of sulfonamides is 1. The van der Waals surface area contributed by atoms with Gasteiger partial charge in [0, 0.05) is 43.1 Å². The summed E-state index contributed by atoms with van der Waals surface area (Å²) in [5.74, 6) is -0.394. The predicted octanol–water partition coefficient (Wildman–Crippen LogP) is 2.27. The van der Waals surface area contributed by atoms with Crippen molar-refractivity contribution >= 4 is 15.8 Å². The third-order valence-electron chi connectivity index (χ3n) is 4.92. The Morgan fingerprint density at radius 3 is 2.33 bits per heavy atom. The van der Waals surface area contributed by atoms with Gasteiger partial charge >= 0.3 is 0 Å². The van der Waals surface area contributed by atoms with Crippen molar-refractivity contribution in [1.29, 1.82) is 0 Å². The highest BCUT2D eigenvalue weighted by Gasteiger charge is 2.29. The highest BCUT2D eigenvalue weighted by atomic mass is 32.2. The van der Waals surface area contributed by atoms with E-state index in [1.165, 1.54) is 22.5 Å². The monoisotopic (exact) mass is 393 g/mol. The molecule has 1 N–H and O–H groups in total. The molecule has 1 aromatic heterocycles. The van der Waals surface area contributed by atoms with E-state index in [9.17, 15) is 17.6 Å². The maximum absolute atomic E-state index is 13.4. The van der Waals surface area contributed by atoms with Crippen LogP contribution in [0.1, 0.15) is 27.3 Å². The largest absolute Gasteiger partial charge is 0.362 e. The van der Waals surface area contributed by atoms with Gasteiger partial charge in [-0.2, -0.15) is 4.31 Å². The number of ketones is 1. The maximum Gasteiger partial charge on any atom is 0.243 e. The number of carbonyl (C=O) groups excluding carboxylic acids is 1. The maximum atomic E-state index is 13.4. The molecule has 146 valence electrons. The van der Waals surface area contributed by atoms with Crippen molar-refractivity contribution in [2.75, 3.05) is 32.7 Å². The average Bonchev–Trinajstić information content (AvgIpc) is 2.96. The van der Waals surface area contributed by atoms with Crippen molar-refractivity contribution in [2.24, 2.45) is 0 Å². The molecule has 0 spiro atoms. The summed E-state index contributed by atoms with van der Waals surface area (Å²) in [5.41, 5.74) is 2.79. The Bertz CT molecular complexity index is 961. The van der Waals surface area contributed by atoms with Crippen LogP contribution in [0.25, 0.3) is 0 Å². The summed E-state index contributed by atoms with van der Waals surface area (Å²) in [4.78, 5) is 17.7. The van der Waals surface area contributed by atoms with Crippen molar-refractivity contribution in [2.45, 2.75) is 25.7 Å². The van der Waals surface area contributed by atoms with E-state index in [4.69, 9.17) is 0 Å². The van der Waals surface area contributed by atoms with E-state index >= 15 is 0 Å². The summed E-state index contributed by atoms with van der Waals surface area (Å²) in [6.45, 7) is 7.15. The van der Waals surface area contributed by atoms with Crippen LogP contribution >= 0.6 is 0 Å². The number of aryl methyl sites for hydroxylation is 3. The van der Waals surface area contributed by atoms with E-state index in [-0.39, 0.29) is 17.2 Å². The molecular weight excluding hydrogens is 369 g/mol. The number of H-pyrrole nitrogens is 1. The fourth-order valence-electron chi connectivity index (χ4n) is 3.36. The fourth-order valence-corrected chi connectivity index (χ4v) is 4.86. The molecule has 2 heterocycles. The van der Waals surface area contributed by atoms with Gasteiger partial charge in [-0.05, 0) is 50.6 Å². The lowest BCUT2D eigenvalue weighted by atomic mass is 10.1. The molecule has 0 aliphatic carbocycles. The minimum Gasteiger partial charge on any atom is -0.362 e. The van der Waals surface area contributed by atoms with Crippen LogP contribution in [0, 0.1) is 26.6 Å². The molecule has 3 rings (SSSR count). The normalized spacial score (nSPS) is 16.6. The second-order valence-corrected chi connectivity index (χ2v) is 8.94. The number of benzene rings is 1. The minimum absolute atomic E-state index is 0.0299. The number of carbonyl (C=O) groups is 1. The van der Waals surface area contributed by atoms with Crippen LogP contribution in [0.15, 0.2) is 29.2 Å². The van der Waals surface area contributed by atoms with Crippen molar-refractivity contribution in [3.05, 3.63) is 52.6 Å². The smallest absolute Gasteiger partial charge is 0.243 e. The van der Waals surface area contributed by atoms with Crippen LogP contribution in [0.3, 0.4) is 0 Å². The van der Waals surface area contributed by atoms with Gasteiger partial charge in [-0.25, -0.2) is 12.8 Å². The lowest BCUT2D eigenvalue weighted by molar-refractivity contribution is 0.0901. The Labute approximate surface area is 159 Å². The molecule has 27 heavy (non-hydrogen) atoms. The highest BCUT2D eigenvalue weighted by Crippen LogP contribution is 2.20. The van der Waals surface area contributed by atoms with E-state index in [1.54, 1.807) is 6.92 Å². The molecule has 6 nitrogen and oxygen atoms in total. The number of nitrogens with one attached hydrogen (secondary N) is 1. The Morgan fingerprint density at radius 2 is 1.78 bits per heavy atom. The van der Waals surface area contributed by atoms with Crippen molar-refractivity contribution in [3.8, 4) is 0 Å². The van der Waals surface area contributed by atoms with Crippen LogP contribution in [-0.4, -0.2) is 61.1 Å².